The van der Waals surface area contributed by atoms with Crippen LogP contribution in [-0.4, -0.2) is 65.1 Å². The van der Waals surface area contributed by atoms with Gasteiger partial charge in [0.15, 0.2) is 5.76 Å². The van der Waals surface area contributed by atoms with Crippen molar-refractivity contribution < 1.29 is 23.2 Å². The molecule has 0 radical (unpaired) electrons. The molecule has 28 heavy (non-hydrogen) atoms. The molecule has 9 heteroatoms. The molecule has 2 amide bonds. The highest BCUT2D eigenvalue weighted by Gasteiger charge is 2.29. The Morgan fingerprint density at radius 3 is 2.25 bits per heavy atom. The van der Waals surface area contributed by atoms with E-state index in [1.165, 1.54) is 6.26 Å². The molecule has 0 saturated carbocycles. The first kappa shape index (κ1) is 17.8. The Morgan fingerprint density at radius 1 is 0.964 bits per heavy atom. The van der Waals surface area contributed by atoms with Gasteiger partial charge in [0.05, 0.1) is 13.4 Å². The van der Waals surface area contributed by atoms with Crippen molar-refractivity contribution in [3.05, 3.63) is 54.3 Å². The summed E-state index contributed by atoms with van der Waals surface area (Å²) in [6.45, 7) is 1.58. The van der Waals surface area contributed by atoms with E-state index in [1.54, 1.807) is 53.3 Å². The summed E-state index contributed by atoms with van der Waals surface area (Å²) in [4.78, 5) is 28.2. The molecule has 1 aliphatic rings. The first-order chi connectivity index (χ1) is 13.7. The summed E-state index contributed by atoms with van der Waals surface area (Å²) in [6.07, 6.45) is 1.46. The van der Waals surface area contributed by atoms with E-state index in [0.29, 0.717) is 43.3 Å². The van der Waals surface area contributed by atoms with Crippen LogP contribution in [0, 0.1) is 0 Å². The second kappa shape index (κ2) is 7.55. The molecule has 144 valence electrons. The normalized spacial score (nSPS) is 14.2. The Kier molecular flexibility index (Phi) is 4.79. The summed E-state index contributed by atoms with van der Waals surface area (Å²) in [5.41, 5.74) is 0.696. The third-order valence-corrected chi connectivity index (χ3v) is 4.53. The number of rotatable bonds is 4. The fourth-order valence-electron chi connectivity index (χ4n) is 2.96. The lowest BCUT2D eigenvalue weighted by atomic mass is 10.2. The van der Waals surface area contributed by atoms with Crippen molar-refractivity contribution in [2.45, 2.75) is 0 Å². The SMILES string of the molecule is COc1ccc(-c2nnc(C(=O)N3CCN(C(=O)c4ccco4)CC3)o2)cc1. The first-order valence-corrected chi connectivity index (χ1v) is 8.75. The van der Waals surface area contributed by atoms with Crippen LogP contribution in [0.2, 0.25) is 0 Å². The molecule has 0 aliphatic carbocycles. The zero-order valence-electron chi connectivity index (χ0n) is 15.2. The zero-order valence-corrected chi connectivity index (χ0v) is 15.2. The van der Waals surface area contributed by atoms with Crippen molar-refractivity contribution in [2.75, 3.05) is 33.3 Å². The van der Waals surface area contributed by atoms with Crippen LogP contribution in [0.25, 0.3) is 11.5 Å². The quantitative estimate of drug-likeness (QED) is 0.679. The minimum atomic E-state index is -0.350. The van der Waals surface area contributed by atoms with Gasteiger partial charge < -0.3 is 23.4 Å². The first-order valence-electron chi connectivity index (χ1n) is 8.75. The average molecular weight is 382 g/mol. The van der Waals surface area contributed by atoms with E-state index in [-0.39, 0.29) is 23.6 Å². The van der Waals surface area contributed by atoms with Crippen molar-refractivity contribution in [1.82, 2.24) is 20.0 Å². The lowest BCUT2D eigenvalue weighted by molar-refractivity contribution is 0.0498. The molecule has 0 N–H and O–H groups in total. The van der Waals surface area contributed by atoms with Crippen LogP contribution in [0.4, 0.5) is 0 Å². The second-order valence-electron chi connectivity index (χ2n) is 6.20. The monoisotopic (exact) mass is 382 g/mol. The number of methoxy groups -OCH3 is 1. The molecule has 4 rings (SSSR count). The van der Waals surface area contributed by atoms with Crippen molar-refractivity contribution in [3.8, 4) is 17.2 Å². The number of nitrogens with zero attached hydrogens (tertiary/aromatic N) is 4. The number of carbonyl (C=O) groups is 2. The Labute approximate surface area is 160 Å². The van der Waals surface area contributed by atoms with Crippen LogP contribution in [0.1, 0.15) is 21.2 Å². The van der Waals surface area contributed by atoms with E-state index in [0.717, 1.165) is 0 Å². The Balaban J connectivity index is 1.39. The van der Waals surface area contributed by atoms with Gasteiger partial charge in [0.2, 0.25) is 5.89 Å². The molecule has 1 aliphatic heterocycles. The zero-order chi connectivity index (χ0) is 19.5. The fourth-order valence-corrected chi connectivity index (χ4v) is 2.96. The van der Waals surface area contributed by atoms with Crippen molar-refractivity contribution in [3.63, 3.8) is 0 Å². The van der Waals surface area contributed by atoms with Gasteiger partial charge in [-0.1, -0.05) is 0 Å². The van der Waals surface area contributed by atoms with Gasteiger partial charge in [0.25, 0.3) is 5.91 Å². The maximum absolute atomic E-state index is 12.6. The van der Waals surface area contributed by atoms with Crippen LogP contribution >= 0.6 is 0 Å². The standard InChI is InChI=1S/C19H18N4O5/c1-26-14-6-4-13(5-7-14)16-20-21-17(28-16)19(25)23-10-8-22(9-11-23)18(24)15-3-2-12-27-15/h2-7,12H,8-11H2,1H3. The highest BCUT2D eigenvalue weighted by atomic mass is 16.5. The van der Waals surface area contributed by atoms with E-state index in [2.05, 4.69) is 10.2 Å². The number of ether oxygens (including phenoxy) is 1. The van der Waals surface area contributed by atoms with Gasteiger partial charge >= 0.3 is 11.8 Å². The van der Waals surface area contributed by atoms with Gasteiger partial charge in [-0.3, -0.25) is 9.59 Å². The van der Waals surface area contributed by atoms with Crippen LogP contribution < -0.4 is 4.74 Å². The van der Waals surface area contributed by atoms with E-state index < -0.39 is 0 Å². The lowest BCUT2D eigenvalue weighted by Gasteiger charge is -2.33. The summed E-state index contributed by atoms with van der Waals surface area (Å²) < 4.78 is 15.8. The lowest BCUT2D eigenvalue weighted by Crippen LogP contribution is -2.50. The van der Waals surface area contributed by atoms with Crippen LogP contribution in [0.15, 0.2) is 51.5 Å². The molecule has 0 unspecified atom stereocenters. The highest BCUT2D eigenvalue weighted by Crippen LogP contribution is 2.22. The smallest absolute Gasteiger partial charge is 0.311 e. The van der Waals surface area contributed by atoms with Crippen molar-refractivity contribution in [2.24, 2.45) is 0 Å². The molecule has 0 atom stereocenters. The Bertz CT molecular complexity index is 957. The predicted octanol–water partition coefficient (Wildman–Crippen LogP) is 1.94. The van der Waals surface area contributed by atoms with E-state index in [1.807, 2.05) is 0 Å². The number of amides is 2. The second-order valence-corrected chi connectivity index (χ2v) is 6.20. The summed E-state index contributed by atoms with van der Waals surface area (Å²) in [5.74, 6) is 0.658. The Hall–Kier alpha value is -3.62. The number of piperazine rings is 1. The summed E-state index contributed by atoms with van der Waals surface area (Å²) in [5, 5.41) is 7.82. The number of benzene rings is 1. The van der Waals surface area contributed by atoms with Gasteiger partial charge in [-0.05, 0) is 36.4 Å². The molecule has 3 aromatic rings. The summed E-state index contributed by atoms with van der Waals surface area (Å²) >= 11 is 0. The van der Waals surface area contributed by atoms with E-state index in [9.17, 15) is 9.59 Å². The average Bonchev–Trinajstić information content (AvgIpc) is 3.45. The third kappa shape index (κ3) is 3.46. The van der Waals surface area contributed by atoms with Gasteiger partial charge in [-0.25, -0.2) is 0 Å². The minimum absolute atomic E-state index is 0.0726. The molecular weight excluding hydrogens is 364 g/mol. The van der Waals surface area contributed by atoms with Gasteiger partial charge in [0, 0.05) is 31.7 Å². The third-order valence-electron chi connectivity index (χ3n) is 4.53. The Morgan fingerprint density at radius 2 is 1.64 bits per heavy atom. The number of hydrogen-bond donors (Lipinski definition) is 0. The van der Waals surface area contributed by atoms with E-state index >= 15 is 0 Å². The van der Waals surface area contributed by atoms with Gasteiger partial charge in [-0.15, -0.1) is 10.2 Å². The van der Waals surface area contributed by atoms with Crippen molar-refractivity contribution in [1.29, 1.82) is 0 Å². The van der Waals surface area contributed by atoms with Gasteiger partial charge in [0.1, 0.15) is 5.75 Å². The number of carbonyl (C=O) groups excluding carboxylic acids is 2. The highest BCUT2D eigenvalue weighted by molar-refractivity contribution is 5.92. The largest absolute Gasteiger partial charge is 0.497 e. The predicted molar refractivity (Wildman–Crippen MR) is 96.8 cm³/mol. The van der Waals surface area contributed by atoms with Crippen molar-refractivity contribution >= 4 is 11.8 Å². The molecule has 9 nitrogen and oxygen atoms in total. The summed E-state index contributed by atoms with van der Waals surface area (Å²) in [6, 6.07) is 10.4. The van der Waals surface area contributed by atoms with Crippen LogP contribution in [0.5, 0.6) is 5.75 Å². The maximum Gasteiger partial charge on any atom is 0.311 e. The topological polar surface area (TPSA) is 102 Å². The number of hydrogen-bond acceptors (Lipinski definition) is 7. The number of furan rings is 1. The van der Waals surface area contributed by atoms with Gasteiger partial charge in [-0.2, -0.15) is 0 Å². The molecular formula is C19H18N4O5. The van der Waals surface area contributed by atoms with Crippen LogP contribution in [0.3, 0.4) is 0 Å². The van der Waals surface area contributed by atoms with E-state index in [4.69, 9.17) is 13.6 Å². The molecule has 1 saturated heterocycles. The molecule has 0 bridgehead atoms. The van der Waals surface area contributed by atoms with Crippen LogP contribution in [-0.2, 0) is 0 Å². The maximum atomic E-state index is 12.6. The number of aromatic nitrogens is 2. The molecule has 0 spiro atoms. The molecule has 1 fully saturated rings. The summed E-state index contributed by atoms with van der Waals surface area (Å²) in [7, 11) is 1.58. The molecule has 3 heterocycles. The molecule has 2 aromatic heterocycles. The minimum Gasteiger partial charge on any atom is -0.497 e. The molecule has 1 aromatic carbocycles. The fraction of sp³-hybridized carbons (Fsp3) is 0.263.